The van der Waals surface area contributed by atoms with Gasteiger partial charge in [0.1, 0.15) is 11.6 Å². The molecule has 6 heteroatoms. The van der Waals surface area contributed by atoms with Crippen molar-refractivity contribution in [3.63, 3.8) is 0 Å². The second kappa shape index (κ2) is 12.3. The summed E-state index contributed by atoms with van der Waals surface area (Å²) in [6.45, 7) is 4.11. The van der Waals surface area contributed by atoms with Crippen LogP contribution in [0.25, 0.3) is 16.8 Å². The van der Waals surface area contributed by atoms with Gasteiger partial charge in [0, 0.05) is 18.4 Å². The number of hydrogen-bond donors (Lipinski definition) is 0. The molecule has 41 heavy (non-hydrogen) atoms. The fourth-order valence-corrected chi connectivity index (χ4v) is 5.73. The van der Waals surface area contributed by atoms with Crippen LogP contribution in [0.2, 0.25) is 0 Å². The van der Waals surface area contributed by atoms with Crippen molar-refractivity contribution < 1.29 is 9.53 Å². The van der Waals surface area contributed by atoms with E-state index in [4.69, 9.17) is 9.72 Å². The monoisotopic (exact) mass is 545 g/mol. The zero-order valence-electron chi connectivity index (χ0n) is 23.7. The number of nitrogens with zero attached hydrogens (tertiary/aromatic N) is 3. The molecule has 1 aromatic heterocycles. The van der Waals surface area contributed by atoms with Gasteiger partial charge < -0.3 is 4.74 Å². The van der Waals surface area contributed by atoms with E-state index >= 15 is 0 Å². The highest BCUT2D eigenvalue weighted by Crippen LogP contribution is 2.33. The first-order valence-corrected chi connectivity index (χ1v) is 14.5. The van der Waals surface area contributed by atoms with Crippen LogP contribution in [-0.4, -0.2) is 21.4 Å². The van der Waals surface area contributed by atoms with Gasteiger partial charge in [-0.25, -0.2) is 4.98 Å². The van der Waals surface area contributed by atoms with E-state index in [1.807, 2.05) is 79.7 Å². The third-order valence-corrected chi connectivity index (χ3v) is 7.91. The number of benzene rings is 3. The minimum absolute atomic E-state index is 0.0620. The maximum atomic E-state index is 14.1. The third kappa shape index (κ3) is 5.85. The Balaban J connectivity index is 1.48. The summed E-state index contributed by atoms with van der Waals surface area (Å²) in [7, 11) is 0. The lowest BCUT2D eigenvalue weighted by molar-refractivity contribution is -0.121. The highest BCUT2D eigenvalue weighted by molar-refractivity contribution is 5.70. The minimum Gasteiger partial charge on any atom is -0.480 e. The van der Waals surface area contributed by atoms with Gasteiger partial charge in [0.25, 0.3) is 5.56 Å². The van der Waals surface area contributed by atoms with Gasteiger partial charge in [-0.3, -0.25) is 14.2 Å². The lowest BCUT2D eigenvalue weighted by atomic mass is 9.97. The second-order valence-corrected chi connectivity index (χ2v) is 10.7. The molecule has 0 N–H and O–H groups in total. The molecule has 5 rings (SSSR count). The van der Waals surface area contributed by atoms with Crippen molar-refractivity contribution in [1.82, 2.24) is 9.55 Å². The summed E-state index contributed by atoms with van der Waals surface area (Å²) in [5.41, 5.74) is 4.97. The Bertz CT molecular complexity index is 1620. The zero-order valence-corrected chi connectivity index (χ0v) is 23.7. The summed E-state index contributed by atoms with van der Waals surface area (Å²) in [5, 5.41) is 9.49. The van der Waals surface area contributed by atoms with E-state index in [1.165, 1.54) is 0 Å². The summed E-state index contributed by atoms with van der Waals surface area (Å²) in [5.74, 6) is 1.35. The van der Waals surface area contributed by atoms with E-state index in [9.17, 15) is 14.9 Å². The molecule has 0 unspecified atom stereocenters. The molecule has 208 valence electrons. The lowest BCUT2D eigenvalue weighted by Crippen LogP contribution is -2.34. The van der Waals surface area contributed by atoms with Crippen molar-refractivity contribution in [1.29, 1.82) is 5.26 Å². The van der Waals surface area contributed by atoms with Gasteiger partial charge in [-0.1, -0.05) is 62.7 Å². The molecule has 4 aromatic rings. The number of ether oxygens (including phenoxy) is 1. The fraction of sp³-hybridized carbons (Fsp3) is 0.314. The molecule has 0 atom stereocenters. The Morgan fingerprint density at radius 3 is 2.34 bits per heavy atom. The van der Waals surface area contributed by atoms with Crippen molar-refractivity contribution in [2.45, 2.75) is 70.8 Å². The first-order valence-electron chi connectivity index (χ1n) is 14.5. The molecule has 6 nitrogen and oxygen atoms in total. The van der Waals surface area contributed by atoms with Gasteiger partial charge in [-0.2, -0.15) is 5.26 Å². The van der Waals surface area contributed by atoms with Crippen molar-refractivity contribution in [2.75, 3.05) is 0 Å². The number of nitriles is 1. The lowest BCUT2D eigenvalue weighted by Gasteiger charge is -2.24. The van der Waals surface area contributed by atoms with Crippen LogP contribution in [0.3, 0.4) is 0 Å². The molecule has 1 heterocycles. The molecule has 1 aliphatic rings. The summed E-state index contributed by atoms with van der Waals surface area (Å²) in [6, 6.07) is 25.3. The van der Waals surface area contributed by atoms with Crippen LogP contribution in [0.4, 0.5) is 0 Å². The average molecular weight is 546 g/mol. The molecular formula is C35H35N3O3. The largest absolute Gasteiger partial charge is 0.480 e. The molecule has 0 aliphatic heterocycles. The number of rotatable bonds is 10. The van der Waals surface area contributed by atoms with Gasteiger partial charge in [-0.15, -0.1) is 0 Å². The molecule has 0 amide bonds. The SMILES string of the molecule is CCCc1nc(CC)n(-c2ccc(OC3(C=O)CCCC3)cc2)c(=O)c1Cc1ccc(-c2ccccc2C#N)cc1. The van der Waals surface area contributed by atoms with E-state index < -0.39 is 5.60 Å². The smallest absolute Gasteiger partial charge is 0.261 e. The number of carbonyl (C=O) groups is 1. The Kier molecular flexibility index (Phi) is 8.45. The van der Waals surface area contributed by atoms with Crippen LogP contribution in [-0.2, 0) is 24.1 Å². The topological polar surface area (TPSA) is 85.0 Å². The Labute approximate surface area is 241 Å². The van der Waals surface area contributed by atoms with Crippen LogP contribution >= 0.6 is 0 Å². The first-order chi connectivity index (χ1) is 20.0. The fourth-order valence-electron chi connectivity index (χ4n) is 5.73. The Hall–Kier alpha value is -4.50. The minimum atomic E-state index is -0.740. The standard InChI is InChI=1S/C35H35N3O3/c1-3-9-32-31(22-25-12-14-26(15-13-25)30-11-6-5-10-27(30)23-36)34(40)38(33(4-2)37-32)28-16-18-29(19-17-28)41-35(24-39)20-7-8-21-35/h5-6,10-19,24H,3-4,7-9,20-22H2,1-2H3. The molecule has 1 saturated carbocycles. The first kappa shape index (κ1) is 28.0. The molecule has 0 bridgehead atoms. The molecule has 1 fully saturated rings. The predicted molar refractivity (Wildman–Crippen MR) is 160 cm³/mol. The zero-order chi connectivity index (χ0) is 28.8. The van der Waals surface area contributed by atoms with E-state index in [1.54, 1.807) is 4.57 Å². The van der Waals surface area contributed by atoms with E-state index in [0.29, 0.717) is 29.7 Å². The number of carbonyl (C=O) groups excluding carboxylic acids is 1. The van der Waals surface area contributed by atoms with Gasteiger partial charge in [0.2, 0.25) is 0 Å². The van der Waals surface area contributed by atoms with Gasteiger partial charge >= 0.3 is 0 Å². The molecule has 0 radical (unpaired) electrons. The summed E-state index contributed by atoms with van der Waals surface area (Å²) >= 11 is 0. The molecule has 3 aromatic carbocycles. The van der Waals surface area contributed by atoms with Gasteiger partial charge in [0.15, 0.2) is 11.9 Å². The van der Waals surface area contributed by atoms with Crippen LogP contribution in [0, 0.1) is 11.3 Å². The number of hydrogen-bond acceptors (Lipinski definition) is 5. The van der Waals surface area contributed by atoms with E-state index in [0.717, 1.165) is 78.7 Å². The Morgan fingerprint density at radius 1 is 1.00 bits per heavy atom. The number of aryl methyl sites for hydroxylation is 2. The molecule has 1 aliphatic carbocycles. The highest BCUT2D eigenvalue weighted by atomic mass is 16.5. The average Bonchev–Trinajstić information content (AvgIpc) is 3.48. The summed E-state index contributed by atoms with van der Waals surface area (Å²) < 4.78 is 7.82. The molecular weight excluding hydrogens is 510 g/mol. The van der Waals surface area contributed by atoms with E-state index in [2.05, 4.69) is 13.0 Å². The normalized spacial score (nSPS) is 14.0. The summed E-state index contributed by atoms with van der Waals surface area (Å²) in [4.78, 5) is 30.8. The van der Waals surface area contributed by atoms with Crippen molar-refractivity contribution in [3.05, 3.63) is 111 Å². The van der Waals surface area contributed by atoms with Crippen LogP contribution < -0.4 is 10.3 Å². The van der Waals surface area contributed by atoms with Crippen molar-refractivity contribution >= 4 is 6.29 Å². The number of aromatic nitrogens is 2. The molecule has 0 saturated heterocycles. The summed E-state index contributed by atoms with van der Waals surface area (Å²) in [6.07, 6.45) is 7.07. The van der Waals surface area contributed by atoms with Crippen LogP contribution in [0.1, 0.15) is 74.2 Å². The maximum absolute atomic E-state index is 14.1. The molecule has 0 spiro atoms. The van der Waals surface area contributed by atoms with Crippen molar-refractivity contribution in [3.8, 4) is 28.6 Å². The van der Waals surface area contributed by atoms with Gasteiger partial charge in [-0.05, 0) is 79.1 Å². The third-order valence-electron chi connectivity index (χ3n) is 7.91. The highest BCUT2D eigenvalue weighted by Gasteiger charge is 2.35. The Morgan fingerprint density at radius 2 is 1.71 bits per heavy atom. The van der Waals surface area contributed by atoms with E-state index in [-0.39, 0.29) is 5.56 Å². The van der Waals surface area contributed by atoms with Gasteiger partial charge in [0.05, 0.1) is 23.0 Å². The van der Waals surface area contributed by atoms with Crippen LogP contribution in [0.15, 0.2) is 77.6 Å². The van der Waals surface area contributed by atoms with Crippen LogP contribution in [0.5, 0.6) is 5.75 Å². The maximum Gasteiger partial charge on any atom is 0.261 e. The second-order valence-electron chi connectivity index (χ2n) is 10.7. The number of aldehydes is 1. The quantitative estimate of drug-likeness (QED) is 0.205. The van der Waals surface area contributed by atoms with Crippen molar-refractivity contribution in [2.24, 2.45) is 0 Å². The predicted octanol–water partition coefficient (Wildman–Crippen LogP) is 6.77.